The Labute approximate surface area is 123 Å². The SMILES string of the molecule is C=C(Cl)CNS(=O)(=O)c1ccc(I)c(C(=O)O)c1. The van der Waals surface area contributed by atoms with Crippen molar-refractivity contribution in [2.24, 2.45) is 0 Å². The van der Waals surface area contributed by atoms with Crippen LogP contribution in [0.1, 0.15) is 10.4 Å². The molecular formula is C10H9ClINO4S. The summed E-state index contributed by atoms with van der Waals surface area (Å²) in [6.45, 7) is 3.24. The van der Waals surface area contributed by atoms with Crippen LogP contribution in [0.5, 0.6) is 0 Å². The zero-order valence-electron chi connectivity index (χ0n) is 8.98. The average Bonchev–Trinajstić information content (AvgIpc) is 2.26. The first kappa shape index (κ1) is 15.4. The Balaban J connectivity index is 3.14. The number of aromatic carboxylic acids is 1. The van der Waals surface area contributed by atoms with E-state index in [1.54, 1.807) is 0 Å². The first-order chi connectivity index (χ1) is 8.24. The van der Waals surface area contributed by atoms with E-state index in [0.29, 0.717) is 3.57 Å². The molecule has 0 aliphatic carbocycles. The maximum absolute atomic E-state index is 11.8. The van der Waals surface area contributed by atoms with Gasteiger partial charge in [0, 0.05) is 15.1 Å². The highest BCUT2D eigenvalue weighted by atomic mass is 127. The smallest absolute Gasteiger partial charge is 0.336 e. The van der Waals surface area contributed by atoms with E-state index in [-0.39, 0.29) is 22.0 Å². The number of carbonyl (C=O) groups is 1. The number of rotatable bonds is 5. The number of carboxylic acids is 1. The van der Waals surface area contributed by atoms with Crippen LogP contribution in [-0.4, -0.2) is 26.0 Å². The number of halogens is 2. The van der Waals surface area contributed by atoms with Crippen LogP contribution < -0.4 is 4.72 Å². The van der Waals surface area contributed by atoms with Gasteiger partial charge in [0.25, 0.3) is 0 Å². The molecule has 0 heterocycles. The van der Waals surface area contributed by atoms with Crippen molar-refractivity contribution < 1.29 is 18.3 Å². The third-order valence-corrected chi connectivity index (χ3v) is 4.41. The molecule has 1 aromatic rings. The van der Waals surface area contributed by atoms with Crippen molar-refractivity contribution in [3.05, 3.63) is 38.9 Å². The Morgan fingerprint density at radius 1 is 1.50 bits per heavy atom. The standard InChI is InChI=1S/C10H9ClINO4S/c1-6(11)5-13-18(16,17)7-2-3-9(12)8(4-7)10(14)15/h2-4,13H,1,5H2,(H,14,15). The Kier molecular flexibility index (Phi) is 5.14. The van der Waals surface area contributed by atoms with Crippen LogP contribution in [0.15, 0.2) is 34.7 Å². The quantitative estimate of drug-likeness (QED) is 0.740. The van der Waals surface area contributed by atoms with Crippen molar-refractivity contribution in [3.8, 4) is 0 Å². The van der Waals surface area contributed by atoms with Gasteiger partial charge in [-0.05, 0) is 40.8 Å². The molecule has 0 radical (unpaired) electrons. The number of hydrogen-bond donors (Lipinski definition) is 2. The van der Waals surface area contributed by atoms with Crippen molar-refractivity contribution >= 4 is 50.2 Å². The van der Waals surface area contributed by atoms with Crippen LogP contribution in [0.4, 0.5) is 0 Å². The van der Waals surface area contributed by atoms with Crippen LogP contribution in [0.2, 0.25) is 0 Å². The molecule has 0 saturated carbocycles. The average molecular weight is 402 g/mol. The van der Waals surface area contributed by atoms with Gasteiger partial charge >= 0.3 is 5.97 Å². The molecule has 0 bridgehead atoms. The maximum Gasteiger partial charge on any atom is 0.336 e. The Bertz CT molecular complexity index is 600. The topological polar surface area (TPSA) is 83.5 Å². The molecule has 0 atom stereocenters. The van der Waals surface area contributed by atoms with Crippen LogP contribution >= 0.6 is 34.2 Å². The molecule has 0 aromatic heterocycles. The highest BCUT2D eigenvalue weighted by molar-refractivity contribution is 14.1. The maximum atomic E-state index is 11.8. The van der Waals surface area contributed by atoms with Crippen LogP contribution in [0.3, 0.4) is 0 Å². The predicted octanol–water partition coefficient (Wildman–Crippen LogP) is 2.02. The zero-order valence-corrected chi connectivity index (χ0v) is 12.7. The number of nitrogens with one attached hydrogen (secondary N) is 1. The second-order valence-electron chi connectivity index (χ2n) is 3.29. The number of benzene rings is 1. The third-order valence-electron chi connectivity index (χ3n) is 1.93. The zero-order chi connectivity index (χ0) is 13.9. The molecule has 1 rings (SSSR count). The summed E-state index contributed by atoms with van der Waals surface area (Å²) in [6.07, 6.45) is 0. The number of sulfonamides is 1. The lowest BCUT2D eigenvalue weighted by molar-refractivity contribution is 0.0695. The van der Waals surface area contributed by atoms with Gasteiger partial charge in [-0.1, -0.05) is 18.2 Å². The van der Waals surface area contributed by atoms with Crippen LogP contribution in [-0.2, 0) is 10.0 Å². The number of hydrogen-bond acceptors (Lipinski definition) is 3. The molecule has 0 spiro atoms. The Hall–Kier alpha value is -0.640. The summed E-state index contributed by atoms with van der Waals surface area (Å²) in [5.41, 5.74) is -0.0665. The van der Waals surface area contributed by atoms with E-state index in [1.807, 2.05) is 22.6 Å². The monoisotopic (exact) mass is 401 g/mol. The molecule has 8 heteroatoms. The van der Waals surface area contributed by atoms with Gasteiger partial charge in [0.15, 0.2) is 0 Å². The fourth-order valence-corrected chi connectivity index (χ4v) is 2.86. The predicted molar refractivity (Wildman–Crippen MR) is 76.3 cm³/mol. The van der Waals surface area contributed by atoms with Crippen LogP contribution in [0, 0.1) is 3.57 Å². The summed E-state index contributed by atoms with van der Waals surface area (Å²) in [7, 11) is -3.79. The summed E-state index contributed by atoms with van der Waals surface area (Å²) in [5.74, 6) is -1.18. The summed E-state index contributed by atoms with van der Waals surface area (Å²) in [5, 5.41) is 9.06. The fourth-order valence-electron chi connectivity index (χ4n) is 1.09. The van der Waals surface area contributed by atoms with Gasteiger partial charge in [0.1, 0.15) is 0 Å². The van der Waals surface area contributed by atoms with Gasteiger partial charge in [-0.15, -0.1) is 0 Å². The minimum Gasteiger partial charge on any atom is -0.478 e. The summed E-state index contributed by atoms with van der Waals surface area (Å²) in [4.78, 5) is 10.8. The molecular weight excluding hydrogens is 393 g/mol. The lowest BCUT2D eigenvalue weighted by atomic mass is 10.2. The summed E-state index contributed by atoms with van der Waals surface area (Å²) >= 11 is 7.28. The minimum atomic E-state index is -3.79. The van der Waals surface area contributed by atoms with Gasteiger partial charge in [0.2, 0.25) is 10.0 Å². The second kappa shape index (κ2) is 6.00. The lowest BCUT2D eigenvalue weighted by Crippen LogP contribution is -2.25. The van der Waals surface area contributed by atoms with Gasteiger partial charge in [-0.25, -0.2) is 17.9 Å². The summed E-state index contributed by atoms with van der Waals surface area (Å²) in [6, 6.07) is 3.85. The first-order valence-electron chi connectivity index (χ1n) is 4.60. The molecule has 18 heavy (non-hydrogen) atoms. The molecule has 0 amide bonds. The Morgan fingerprint density at radius 3 is 2.61 bits per heavy atom. The fraction of sp³-hybridized carbons (Fsp3) is 0.100. The van der Waals surface area contributed by atoms with Gasteiger partial charge in [0.05, 0.1) is 10.5 Å². The van der Waals surface area contributed by atoms with E-state index < -0.39 is 16.0 Å². The molecule has 0 aliphatic rings. The molecule has 1 aromatic carbocycles. The number of carboxylic acid groups (broad SMARTS) is 1. The Morgan fingerprint density at radius 2 is 2.11 bits per heavy atom. The normalized spacial score (nSPS) is 11.2. The first-order valence-corrected chi connectivity index (χ1v) is 7.54. The van der Waals surface area contributed by atoms with Crippen molar-refractivity contribution in [1.82, 2.24) is 4.72 Å². The van der Waals surface area contributed by atoms with Gasteiger partial charge < -0.3 is 5.11 Å². The molecule has 0 unspecified atom stereocenters. The molecule has 0 aliphatic heterocycles. The second-order valence-corrected chi connectivity index (χ2v) is 6.75. The van der Waals surface area contributed by atoms with E-state index in [0.717, 1.165) is 6.07 Å². The molecule has 2 N–H and O–H groups in total. The molecule has 98 valence electrons. The van der Waals surface area contributed by atoms with Crippen LogP contribution in [0.25, 0.3) is 0 Å². The van der Waals surface area contributed by atoms with Gasteiger partial charge in [-0.3, -0.25) is 0 Å². The minimum absolute atomic E-state index is 0.0665. The molecule has 0 saturated heterocycles. The summed E-state index contributed by atoms with van der Waals surface area (Å²) < 4.78 is 26.3. The van der Waals surface area contributed by atoms with E-state index in [9.17, 15) is 13.2 Å². The van der Waals surface area contributed by atoms with Gasteiger partial charge in [-0.2, -0.15) is 0 Å². The molecule has 5 nitrogen and oxygen atoms in total. The van der Waals surface area contributed by atoms with Crippen molar-refractivity contribution in [3.63, 3.8) is 0 Å². The van der Waals surface area contributed by atoms with Crippen molar-refractivity contribution in [2.75, 3.05) is 6.54 Å². The van der Waals surface area contributed by atoms with E-state index >= 15 is 0 Å². The van der Waals surface area contributed by atoms with E-state index in [2.05, 4.69) is 11.3 Å². The lowest BCUT2D eigenvalue weighted by Gasteiger charge is -2.07. The van der Waals surface area contributed by atoms with E-state index in [1.165, 1.54) is 12.1 Å². The third kappa shape index (κ3) is 3.94. The highest BCUT2D eigenvalue weighted by Gasteiger charge is 2.17. The highest BCUT2D eigenvalue weighted by Crippen LogP contribution is 2.18. The van der Waals surface area contributed by atoms with Crippen molar-refractivity contribution in [2.45, 2.75) is 4.90 Å². The van der Waals surface area contributed by atoms with E-state index in [4.69, 9.17) is 16.7 Å². The molecule has 0 fully saturated rings. The van der Waals surface area contributed by atoms with Crippen molar-refractivity contribution in [1.29, 1.82) is 0 Å². The largest absolute Gasteiger partial charge is 0.478 e.